The first-order valence-corrected chi connectivity index (χ1v) is 7.17. The molecule has 5 heteroatoms. The van der Waals surface area contributed by atoms with Crippen LogP contribution in [0.15, 0.2) is 4.99 Å². The number of nitrogens with two attached hydrogens (primary N) is 1. The van der Waals surface area contributed by atoms with Gasteiger partial charge < -0.3 is 15.8 Å². The van der Waals surface area contributed by atoms with Crippen molar-refractivity contribution < 1.29 is 4.74 Å². The molecule has 1 atom stereocenters. The smallest absolute Gasteiger partial charge is 0.188 e. The van der Waals surface area contributed by atoms with Crippen LogP contribution in [-0.4, -0.2) is 42.8 Å². The minimum atomic E-state index is 0.323. The number of hydrogen-bond acceptors (Lipinski definition) is 3. The average molecular weight is 243 g/mol. The topological polar surface area (TPSA) is 59.6 Å². The zero-order valence-electron chi connectivity index (χ0n) is 9.87. The van der Waals surface area contributed by atoms with Gasteiger partial charge in [-0.25, -0.2) is 0 Å². The van der Waals surface area contributed by atoms with Gasteiger partial charge in [0, 0.05) is 17.9 Å². The van der Waals surface area contributed by atoms with E-state index >= 15 is 0 Å². The number of thioether (sulfide) groups is 1. The van der Waals surface area contributed by atoms with Crippen molar-refractivity contribution in [2.75, 3.05) is 26.0 Å². The van der Waals surface area contributed by atoms with Crippen molar-refractivity contribution in [2.24, 2.45) is 10.7 Å². The standard InChI is InChI=1S/C11H21N3OS/c1-16-11(4-5-11)8-14-10(12)13-7-9-3-2-6-15-9/h9H,2-8H2,1H3,(H3,12,13,14). The van der Waals surface area contributed by atoms with Crippen molar-refractivity contribution >= 4 is 17.7 Å². The first-order chi connectivity index (χ1) is 7.74. The summed E-state index contributed by atoms with van der Waals surface area (Å²) >= 11 is 1.91. The summed E-state index contributed by atoms with van der Waals surface area (Å²) in [6.07, 6.45) is 7.32. The Hall–Kier alpha value is -0.420. The number of guanidine groups is 1. The van der Waals surface area contributed by atoms with E-state index in [1.165, 1.54) is 19.3 Å². The zero-order valence-corrected chi connectivity index (χ0v) is 10.7. The molecule has 1 saturated heterocycles. The average Bonchev–Trinajstić information content (AvgIpc) is 2.90. The van der Waals surface area contributed by atoms with E-state index in [0.29, 0.717) is 16.8 Å². The van der Waals surface area contributed by atoms with Gasteiger partial charge in [0.1, 0.15) is 0 Å². The van der Waals surface area contributed by atoms with Crippen LogP contribution in [0, 0.1) is 0 Å². The first kappa shape index (κ1) is 12.0. The minimum absolute atomic E-state index is 0.323. The molecule has 92 valence electrons. The van der Waals surface area contributed by atoms with Gasteiger partial charge in [-0.05, 0) is 31.9 Å². The summed E-state index contributed by atoms with van der Waals surface area (Å²) < 4.78 is 5.90. The molecule has 2 fully saturated rings. The molecule has 0 spiro atoms. The van der Waals surface area contributed by atoms with Gasteiger partial charge in [-0.2, -0.15) is 11.8 Å². The molecule has 1 unspecified atom stereocenters. The fourth-order valence-corrected chi connectivity index (χ4v) is 2.58. The Morgan fingerprint density at radius 2 is 2.44 bits per heavy atom. The third kappa shape index (κ3) is 3.28. The Kier molecular flexibility index (Phi) is 3.97. The van der Waals surface area contributed by atoms with Gasteiger partial charge in [-0.1, -0.05) is 0 Å². The monoisotopic (exact) mass is 243 g/mol. The first-order valence-electron chi connectivity index (χ1n) is 5.95. The molecular formula is C11H21N3OS. The van der Waals surface area contributed by atoms with Crippen LogP contribution in [-0.2, 0) is 4.74 Å². The lowest BCUT2D eigenvalue weighted by Gasteiger charge is -2.12. The number of hydrogen-bond donors (Lipinski definition) is 2. The molecule has 1 saturated carbocycles. The molecule has 0 radical (unpaired) electrons. The highest BCUT2D eigenvalue weighted by Gasteiger charge is 2.41. The lowest BCUT2D eigenvalue weighted by Crippen LogP contribution is -2.37. The highest BCUT2D eigenvalue weighted by molar-refractivity contribution is 8.00. The van der Waals surface area contributed by atoms with E-state index in [2.05, 4.69) is 16.6 Å². The number of nitrogens with one attached hydrogen (secondary N) is 1. The fraction of sp³-hybridized carbons (Fsp3) is 0.909. The van der Waals surface area contributed by atoms with Crippen LogP contribution in [0.25, 0.3) is 0 Å². The van der Waals surface area contributed by atoms with Gasteiger partial charge in [0.25, 0.3) is 0 Å². The second-order valence-corrected chi connectivity index (χ2v) is 5.88. The SMILES string of the molecule is CSC1(CN=C(N)NCC2CCCO2)CC1. The van der Waals surface area contributed by atoms with E-state index in [1.807, 2.05) is 11.8 Å². The molecule has 0 amide bonds. The van der Waals surface area contributed by atoms with Crippen molar-refractivity contribution in [1.82, 2.24) is 5.32 Å². The van der Waals surface area contributed by atoms with Gasteiger partial charge in [-0.3, -0.25) is 4.99 Å². The van der Waals surface area contributed by atoms with Crippen LogP contribution in [0.3, 0.4) is 0 Å². The molecule has 1 aliphatic carbocycles. The Morgan fingerprint density at radius 3 is 3.00 bits per heavy atom. The minimum Gasteiger partial charge on any atom is -0.376 e. The van der Waals surface area contributed by atoms with Crippen molar-refractivity contribution in [1.29, 1.82) is 0 Å². The lowest BCUT2D eigenvalue weighted by molar-refractivity contribution is 0.114. The molecule has 4 nitrogen and oxygen atoms in total. The third-order valence-electron chi connectivity index (χ3n) is 3.31. The van der Waals surface area contributed by atoms with Gasteiger partial charge in [0.05, 0.1) is 12.6 Å². The highest BCUT2D eigenvalue weighted by atomic mass is 32.2. The number of nitrogens with zero attached hydrogens (tertiary/aromatic N) is 1. The van der Waals surface area contributed by atoms with Crippen LogP contribution < -0.4 is 11.1 Å². The van der Waals surface area contributed by atoms with Crippen LogP contribution in [0.4, 0.5) is 0 Å². The summed E-state index contributed by atoms with van der Waals surface area (Å²) in [6.45, 7) is 2.53. The molecule has 1 heterocycles. The quantitative estimate of drug-likeness (QED) is 0.558. The van der Waals surface area contributed by atoms with Crippen molar-refractivity contribution in [2.45, 2.75) is 36.5 Å². The summed E-state index contributed by atoms with van der Waals surface area (Å²) in [5.41, 5.74) is 5.82. The maximum absolute atomic E-state index is 5.82. The largest absolute Gasteiger partial charge is 0.376 e. The van der Waals surface area contributed by atoms with Gasteiger partial charge in [-0.15, -0.1) is 0 Å². The van der Waals surface area contributed by atoms with Crippen LogP contribution in [0.5, 0.6) is 0 Å². The number of aliphatic imine (C=N–C) groups is 1. The molecular weight excluding hydrogens is 222 g/mol. The Bertz CT molecular complexity index is 260. The molecule has 0 bridgehead atoms. The van der Waals surface area contributed by atoms with E-state index in [-0.39, 0.29) is 0 Å². The van der Waals surface area contributed by atoms with Crippen LogP contribution in [0.1, 0.15) is 25.7 Å². The van der Waals surface area contributed by atoms with Crippen molar-refractivity contribution in [3.8, 4) is 0 Å². The summed E-state index contributed by atoms with van der Waals surface area (Å²) in [5.74, 6) is 0.566. The molecule has 0 aromatic rings. The predicted molar refractivity (Wildman–Crippen MR) is 68.9 cm³/mol. The Balaban J connectivity index is 1.66. The summed E-state index contributed by atoms with van der Waals surface area (Å²) in [5, 5.41) is 3.14. The summed E-state index contributed by atoms with van der Waals surface area (Å²) in [6, 6.07) is 0. The van der Waals surface area contributed by atoms with Gasteiger partial charge in [0.2, 0.25) is 0 Å². The van der Waals surface area contributed by atoms with E-state index in [9.17, 15) is 0 Å². The van der Waals surface area contributed by atoms with E-state index < -0.39 is 0 Å². The molecule has 2 rings (SSSR count). The Morgan fingerprint density at radius 1 is 1.62 bits per heavy atom. The van der Waals surface area contributed by atoms with Crippen LogP contribution in [0.2, 0.25) is 0 Å². The van der Waals surface area contributed by atoms with Crippen molar-refractivity contribution in [3.05, 3.63) is 0 Å². The van der Waals surface area contributed by atoms with Crippen molar-refractivity contribution in [3.63, 3.8) is 0 Å². The fourth-order valence-electron chi connectivity index (χ4n) is 1.88. The molecule has 16 heavy (non-hydrogen) atoms. The zero-order chi connectivity index (χ0) is 11.4. The highest BCUT2D eigenvalue weighted by Crippen LogP contribution is 2.47. The molecule has 1 aliphatic heterocycles. The van der Waals surface area contributed by atoms with Gasteiger partial charge in [0.15, 0.2) is 5.96 Å². The van der Waals surface area contributed by atoms with Gasteiger partial charge >= 0.3 is 0 Å². The number of rotatable bonds is 5. The third-order valence-corrected chi connectivity index (χ3v) is 4.72. The normalized spacial score (nSPS) is 28.1. The second kappa shape index (κ2) is 5.27. The molecule has 3 N–H and O–H groups in total. The number of ether oxygens (including phenoxy) is 1. The molecule has 0 aromatic heterocycles. The van der Waals surface area contributed by atoms with Crippen LogP contribution >= 0.6 is 11.8 Å². The second-order valence-electron chi connectivity index (χ2n) is 4.60. The maximum Gasteiger partial charge on any atom is 0.188 e. The molecule has 2 aliphatic rings. The van der Waals surface area contributed by atoms with E-state index in [0.717, 1.165) is 26.1 Å². The van der Waals surface area contributed by atoms with E-state index in [1.54, 1.807) is 0 Å². The predicted octanol–water partition coefficient (Wildman–Crippen LogP) is 0.965. The molecule has 0 aromatic carbocycles. The van der Waals surface area contributed by atoms with E-state index in [4.69, 9.17) is 10.5 Å². The maximum atomic E-state index is 5.82. The lowest BCUT2D eigenvalue weighted by atomic mass is 10.2. The summed E-state index contributed by atoms with van der Waals surface area (Å²) in [7, 11) is 0. The Labute approximate surface area is 101 Å². The summed E-state index contributed by atoms with van der Waals surface area (Å²) in [4.78, 5) is 4.40.